The van der Waals surface area contributed by atoms with Crippen molar-refractivity contribution in [3.05, 3.63) is 41.7 Å². The highest BCUT2D eigenvalue weighted by atomic mass is 32.2. The molecule has 0 radical (unpaired) electrons. The zero-order valence-corrected chi connectivity index (χ0v) is 12.2. The first-order valence-corrected chi connectivity index (χ1v) is 7.51. The van der Waals surface area contributed by atoms with Crippen LogP contribution in [0.5, 0.6) is 0 Å². The van der Waals surface area contributed by atoms with Gasteiger partial charge >= 0.3 is 0 Å². The van der Waals surface area contributed by atoms with Gasteiger partial charge in [0.05, 0.1) is 6.54 Å². The first-order chi connectivity index (χ1) is 9.22. The highest BCUT2D eigenvalue weighted by Gasteiger charge is 2.13. The Morgan fingerprint density at radius 2 is 1.95 bits per heavy atom. The molecule has 1 heterocycles. The third-order valence-electron chi connectivity index (χ3n) is 2.90. The maximum atomic E-state index is 5.69. The monoisotopic (exact) mass is 276 g/mol. The van der Waals surface area contributed by atoms with E-state index in [0.717, 1.165) is 23.2 Å². The van der Waals surface area contributed by atoms with E-state index in [0.29, 0.717) is 12.6 Å². The summed E-state index contributed by atoms with van der Waals surface area (Å²) in [4.78, 5) is 0. The molecule has 1 aromatic heterocycles. The van der Waals surface area contributed by atoms with Crippen molar-refractivity contribution >= 4 is 11.8 Å². The lowest BCUT2D eigenvalue weighted by Gasteiger charge is -2.12. The smallest absolute Gasteiger partial charge is 0.191 e. The standard InChI is InChI=1S/C14H20N4S/c1-11(2)18-13(10-15)16-17-14(18)19-9-8-12-6-4-3-5-7-12/h3-7,11H,8-10,15H2,1-2H3. The van der Waals surface area contributed by atoms with Gasteiger partial charge in [0.2, 0.25) is 0 Å². The number of aromatic nitrogens is 3. The Morgan fingerprint density at radius 3 is 2.58 bits per heavy atom. The summed E-state index contributed by atoms with van der Waals surface area (Å²) in [5.74, 6) is 1.86. The Hall–Kier alpha value is -1.33. The summed E-state index contributed by atoms with van der Waals surface area (Å²) >= 11 is 1.74. The molecule has 0 atom stereocenters. The molecule has 1 aromatic carbocycles. The van der Waals surface area contributed by atoms with Crippen LogP contribution in [-0.2, 0) is 13.0 Å². The fraction of sp³-hybridized carbons (Fsp3) is 0.429. The van der Waals surface area contributed by atoms with Crippen molar-refractivity contribution in [2.75, 3.05) is 5.75 Å². The van der Waals surface area contributed by atoms with E-state index in [9.17, 15) is 0 Å². The molecule has 0 fully saturated rings. The lowest BCUT2D eigenvalue weighted by atomic mass is 10.2. The quantitative estimate of drug-likeness (QED) is 0.824. The van der Waals surface area contributed by atoms with Crippen LogP contribution in [0.2, 0.25) is 0 Å². The molecule has 5 heteroatoms. The molecule has 19 heavy (non-hydrogen) atoms. The molecule has 0 unspecified atom stereocenters. The molecular formula is C14H20N4S. The van der Waals surface area contributed by atoms with Crippen LogP contribution >= 0.6 is 11.8 Å². The van der Waals surface area contributed by atoms with Gasteiger partial charge in [-0.1, -0.05) is 42.1 Å². The van der Waals surface area contributed by atoms with Gasteiger partial charge in [-0.25, -0.2) is 0 Å². The minimum Gasteiger partial charge on any atom is -0.324 e. The number of hydrogen-bond acceptors (Lipinski definition) is 4. The van der Waals surface area contributed by atoms with Gasteiger partial charge in [-0.15, -0.1) is 10.2 Å². The minimum absolute atomic E-state index is 0.341. The lowest BCUT2D eigenvalue weighted by Crippen LogP contribution is -2.11. The molecule has 2 rings (SSSR count). The normalized spacial score (nSPS) is 11.2. The van der Waals surface area contributed by atoms with Crippen LogP contribution in [0.3, 0.4) is 0 Å². The van der Waals surface area contributed by atoms with E-state index in [-0.39, 0.29) is 0 Å². The second-order valence-electron chi connectivity index (χ2n) is 4.65. The highest BCUT2D eigenvalue weighted by molar-refractivity contribution is 7.99. The molecule has 2 N–H and O–H groups in total. The molecule has 0 aliphatic heterocycles. The number of thioether (sulfide) groups is 1. The molecule has 0 saturated heterocycles. The van der Waals surface area contributed by atoms with E-state index >= 15 is 0 Å². The first kappa shape index (κ1) is 14.1. The number of benzene rings is 1. The number of nitrogens with two attached hydrogens (primary N) is 1. The van der Waals surface area contributed by atoms with Gasteiger partial charge in [0.25, 0.3) is 0 Å². The molecule has 0 spiro atoms. The highest BCUT2D eigenvalue weighted by Crippen LogP contribution is 2.22. The van der Waals surface area contributed by atoms with Gasteiger partial charge in [0.1, 0.15) is 5.82 Å². The van der Waals surface area contributed by atoms with Crippen molar-refractivity contribution < 1.29 is 0 Å². The van der Waals surface area contributed by atoms with Crippen molar-refractivity contribution in [2.45, 2.75) is 38.0 Å². The molecule has 2 aromatic rings. The summed E-state index contributed by atoms with van der Waals surface area (Å²) in [6.07, 6.45) is 1.04. The van der Waals surface area contributed by atoms with Crippen LogP contribution in [0.15, 0.2) is 35.5 Å². The number of aryl methyl sites for hydroxylation is 1. The van der Waals surface area contributed by atoms with Gasteiger partial charge in [-0.05, 0) is 25.8 Å². The summed E-state index contributed by atoms with van der Waals surface area (Å²) in [5.41, 5.74) is 7.04. The van der Waals surface area contributed by atoms with E-state index < -0.39 is 0 Å². The predicted molar refractivity (Wildman–Crippen MR) is 79.2 cm³/mol. The average molecular weight is 276 g/mol. The number of hydrogen-bond donors (Lipinski definition) is 1. The van der Waals surface area contributed by atoms with E-state index in [1.54, 1.807) is 11.8 Å². The molecule has 4 nitrogen and oxygen atoms in total. The SMILES string of the molecule is CC(C)n1c(CN)nnc1SCCc1ccccc1. The van der Waals surface area contributed by atoms with E-state index in [2.05, 4.69) is 52.9 Å². The Bertz CT molecular complexity index is 507. The molecule has 0 amide bonds. The maximum Gasteiger partial charge on any atom is 0.191 e. The van der Waals surface area contributed by atoms with E-state index in [1.807, 2.05) is 6.07 Å². The third-order valence-corrected chi connectivity index (χ3v) is 3.84. The fourth-order valence-corrected chi connectivity index (χ4v) is 3.04. The minimum atomic E-state index is 0.341. The average Bonchev–Trinajstić information content (AvgIpc) is 2.83. The van der Waals surface area contributed by atoms with Crippen LogP contribution in [0.4, 0.5) is 0 Å². The van der Waals surface area contributed by atoms with E-state index in [1.165, 1.54) is 5.56 Å². The van der Waals surface area contributed by atoms with Crippen LogP contribution in [-0.4, -0.2) is 20.5 Å². The lowest BCUT2D eigenvalue weighted by molar-refractivity contribution is 0.526. The zero-order chi connectivity index (χ0) is 13.7. The Labute approximate surface area is 118 Å². The second-order valence-corrected chi connectivity index (χ2v) is 5.71. The van der Waals surface area contributed by atoms with Crippen LogP contribution < -0.4 is 5.73 Å². The zero-order valence-electron chi connectivity index (χ0n) is 11.4. The van der Waals surface area contributed by atoms with Crippen LogP contribution in [0, 0.1) is 0 Å². The summed E-state index contributed by atoms with van der Waals surface area (Å²) in [6, 6.07) is 10.8. The van der Waals surface area contributed by atoms with Crippen LogP contribution in [0.25, 0.3) is 0 Å². The number of nitrogens with zero attached hydrogens (tertiary/aromatic N) is 3. The first-order valence-electron chi connectivity index (χ1n) is 6.53. The van der Waals surface area contributed by atoms with Gasteiger partial charge in [0, 0.05) is 11.8 Å². The molecular weight excluding hydrogens is 256 g/mol. The van der Waals surface area contributed by atoms with Gasteiger partial charge < -0.3 is 10.3 Å². The summed E-state index contributed by atoms with van der Waals surface area (Å²) in [6.45, 7) is 4.69. The summed E-state index contributed by atoms with van der Waals surface area (Å²) in [5, 5.41) is 9.35. The number of rotatable bonds is 6. The Balaban J connectivity index is 1.98. The van der Waals surface area contributed by atoms with Crippen molar-refractivity contribution in [3.63, 3.8) is 0 Å². The van der Waals surface area contributed by atoms with E-state index in [4.69, 9.17) is 5.73 Å². The molecule has 0 saturated carbocycles. The maximum absolute atomic E-state index is 5.69. The van der Waals surface area contributed by atoms with Gasteiger partial charge in [0.15, 0.2) is 5.16 Å². The largest absolute Gasteiger partial charge is 0.324 e. The van der Waals surface area contributed by atoms with Crippen LogP contribution in [0.1, 0.15) is 31.3 Å². The third kappa shape index (κ3) is 3.58. The van der Waals surface area contributed by atoms with Crippen molar-refractivity contribution in [1.29, 1.82) is 0 Å². The van der Waals surface area contributed by atoms with Gasteiger partial charge in [-0.2, -0.15) is 0 Å². The molecule has 0 aliphatic rings. The fourth-order valence-electron chi connectivity index (χ4n) is 1.97. The summed E-state index contributed by atoms with van der Waals surface area (Å²) < 4.78 is 2.12. The molecule has 0 bridgehead atoms. The summed E-state index contributed by atoms with van der Waals surface area (Å²) in [7, 11) is 0. The predicted octanol–water partition coefficient (Wildman–Crippen LogP) is 2.65. The van der Waals surface area contributed by atoms with Crippen molar-refractivity contribution in [1.82, 2.24) is 14.8 Å². The molecule has 102 valence electrons. The Morgan fingerprint density at radius 1 is 1.21 bits per heavy atom. The Kier molecular flexibility index (Phi) is 4.99. The molecule has 0 aliphatic carbocycles. The second kappa shape index (κ2) is 6.73. The van der Waals surface area contributed by atoms with Crippen molar-refractivity contribution in [3.8, 4) is 0 Å². The topological polar surface area (TPSA) is 56.7 Å². The van der Waals surface area contributed by atoms with Gasteiger partial charge in [-0.3, -0.25) is 0 Å². The van der Waals surface area contributed by atoms with Crippen molar-refractivity contribution in [2.24, 2.45) is 5.73 Å².